The van der Waals surface area contributed by atoms with E-state index in [1.165, 1.54) is 12.1 Å². The highest BCUT2D eigenvalue weighted by atomic mass is 19.4. The van der Waals surface area contributed by atoms with Gasteiger partial charge in [-0.3, -0.25) is 10.1 Å². The Morgan fingerprint density at radius 2 is 1.73 bits per heavy atom. The topological polar surface area (TPSA) is 71.0 Å². The Hall–Kier alpha value is -3.24. The van der Waals surface area contributed by atoms with E-state index in [-0.39, 0.29) is 34.7 Å². The molecule has 2 N–H and O–H groups in total. The van der Waals surface area contributed by atoms with Gasteiger partial charge in [0.05, 0.1) is 23.4 Å². The molecule has 11 heteroatoms. The summed E-state index contributed by atoms with van der Waals surface area (Å²) in [5, 5.41) is 16.3. The van der Waals surface area contributed by atoms with E-state index in [9.17, 15) is 31.4 Å². The molecule has 0 bridgehead atoms. The van der Waals surface area contributed by atoms with Crippen molar-refractivity contribution in [3.63, 3.8) is 0 Å². The molecular weight excluding hydrogens is 452 g/mol. The molecule has 2 aromatic heterocycles. The second kappa shape index (κ2) is 9.72. The average Bonchev–Trinajstić information content (AvgIpc) is 3.24. The number of nitrogens with one attached hydrogen (secondary N) is 1. The number of aromatic nitrogens is 3. The summed E-state index contributed by atoms with van der Waals surface area (Å²) in [6, 6.07) is 4.20. The minimum absolute atomic E-state index is 0.0799. The molecule has 0 fully saturated rings. The number of aromatic hydroxyl groups is 1. The van der Waals surface area contributed by atoms with Gasteiger partial charge in [-0.1, -0.05) is 26.2 Å². The van der Waals surface area contributed by atoms with Crippen molar-refractivity contribution in [2.45, 2.75) is 45.0 Å². The first-order valence-corrected chi connectivity index (χ1v) is 10.2. The molecule has 0 amide bonds. The third-order valence-corrected chi connectivity index (χ3v) is 4.91. The maximum Gasteiger partial charge on any atom is 0.435 e. The van der Waals surface area contributed by atoms with Gasteiger partial charge in [-0.05, 0) is 30.7 Å². The Labute approximate surface area is 185 Å². The summed E-state index contributed by atoms with van der Waals surface area (Å²) in [6.45, 7) is 2.29. The molecule has 0 spiro atoms. The number of halogens is 6. The van der Waals surface area contributed by atoms with E-state index in [0.717, 1.165) is 31.5 Å². The Bertz CT molecular complexity index is 1090. The van der Waals surface area contributed by atoms with Crippen LogP contribution in [0.25, 0.3) is 22.4 Å². The van der Waals surface area contributed by atoms with Crippen LogP contribution in [0.4, 0.5) is 26.3 Å². The lowest BCUT2D eigenvalue weighted by atomic mass is 9.98. The molecule has 0 saturated carbocycles. The molecule has 0 atom stereocenters. The molecule has 33 heavy (non-hydrogen) atoms. The lowest BCUT2D eigenvalue weighted by Gasteiger charge is -2.16. The fraction of sp³-hybridized carbons (Fsp3) is 0.364. The molecule has 0 aliphatic heterocycles. The molecular formula is C22H21F6N3O2. The Morgan fingerprint density at radius 3 is 2.36 bits per heavy atom. The van der Waals surface area contributed by atoms with E-state index >= 15 is 0 Å². The Balaban J connectivity index is 2.07. The molecule has 0 unspecified atom stereocenters. The number of aromatic amines is 1. The van der Waals surface area contributed by atoms with Gasteiger partial charge in [-0.15, -0.1) is 0 Å². The van der Waals surface area contributed by atoms with E-state index in [4.69, 9.17) is 4.74 Å². The van der Waals surface area contributed by atoms with E-state index in [1.54, 1.807) is 0 Å². The first-order valence-electron chi connectivity index (χ1n) is 10.2. The van der Waals surface area contributed by atoms with Crippen molar-refractivity contribution >= 4 is 0 Å². The highest BCUT2D eigenvalue weighted by molar-refractivity contribution is 5.85. The average molecular weight is 473 g/mol. The predicted octanol–water partition coefficient (Wildman–Crippen LogP) is 6.84. The Kier molecular flexibility index (Phi) is 7.19. The standard InChI is InChI=1S/C22H21F6N3O2/c1-2-3-4-5-8-33-17-7-6-15(16-10-18(31-30-16)22(26,27)28)20(32)19(17)13-9-14(12-29-11-13)21(23,24)25/h6-7,9-12,32H,2-5,8H2,1H3,(H,30,31). The minimum Gasteiger partial charge on any atom is -0.506 e. The zero-order valence-electron chi connectivity index (χ0n) is 17.5. The summed E-state index contributed by atoms with van der Waals surface area (Å²) in [4.78, 5) is 3.61. The number of hydrogen-bond acceptors (Lipinski definition) is 4. The summed E-state index contributed by atoms with van der Waals surface area (Å²) in [5.74, 6) is -0.469. The van der Waals surface area contributed by atoms with Crippen molar-refractivity contribution in [1.29, 1.82) is 0 Å². The van der Waals surface area contributed by atoms with Crippen LogP contribution in [-0.4, -0.2) is 26.9 Å². The van der Waals surface area contributed by atoms with Gasteiger partial charge in [0.25, 0.3) is 0 Å². The van der Waals surface area contributed by atoms with Crippen LogP contribution < -0.4 is 4.74 Å². The van der Waals surface area contributed by atoms with Crippen molar-refractivity contribution < 1.29 is 36.2 Å². The second-order valence-corrected chi connectivity index (χ2v) is 7.37. The molecule has 1 aromatic carbocycles. The molecule has 0 aliphatic carbocycles. The van der Waals surface area contributed by atoms with Crippen LogP contribution in [0.15, 0.2) is 36.7 Å². The SMILES string of the molecule is CCCCCCOc1ccc(-c2cc(C(F)(F)F)n[nH]2)c(O)c1-c1cncc(C(F)(F)F)c1. The fourth-order valence-electron chi connectivity index (χ4n) is 3.24. The van der Waals surface area contributed by atoms with Gasteiger partial charge in [0.15, 0.2) is 5.69 Å². The number of phenols is 1. The summed E-state index contributed by atoms with van der Waals surface area (Å²) >= 11 is 0. The highest BCUT2D eigenvalue weighted by Gasteiger charge is 2.35. The summed E-state index contributed by atoms with van der Waals surface area (Å²) < 4.78 is 84.1. The molecule has 178 valence electrons. The van der Waals surface area contributed by atoms with E-state index in [2.05, 4.69) is 15.2 Å². The molecule has 0 radical (unpaired) electrons. The molecule has 2 heterocycles. The van der Waals surface area contributed by atoms with Crippen LogP contribution in [0.3, 0.4) is 0 Å². The number of ether oxygens (including phenoxy) is 1. The molecule has 3 rings (SSSR count). The number of H-pyrrole nitrogens is 1. The van der Waals surface area contributed by atoms with Gasteiger partial charge in [-0.25, -0.2) is 0 Å². The summed E-state index contributed by atoms with van der Waals surface area (Å²) in [5.41, 5.74) is -2.68. The first kappa shape index (κ1) is 24.4. The Morgan fingerprint density at radius 1 is 0.970 bits per heavy atom. The highest BCUT2D eigenvalue weighted by Crippen LogP contribution is 2.45. The van der Waals surface area contributed by atoms with Crippen molar-refractivity contribution in [2.24, 2.45) is 0 Å². The molecule has 3 aromatic rings. The smallest absolute Gasteiger partial charge is 0.435 e. The number of alkyl halides is 6. The minimum atomic E-state index is -4.71. The third-order valence-electron chi connectivity index (χ3n) is 4.91. The van der Waals surface area contributed by atoms with E-state index < -0.39 is 29.4 Å². The van der Waals surface area contributed by atoms with Crippen molar-refractivity contribution in [1.82, 2.24) is 15.2 Å². The van der Waals surface area contributed by atoms with E-state index in [1.807, 2.05) is 6.92 Å². The molecule has 5 nitrogen and oxygen atoms in total. The summed E-state index contributed by atoms with van der Waals surface area (Å²) in [6.07, 6.45) is -4.07. The molecule has 0 aliphatic rings. The van der Waals surface area contributed by atoms with Crippen molar-refractivity contribution in [3.05, 3.63) is 47.9 Å². The quantitative estimate of drug-likeness (QED) is 0.278. The zero-order chi connectivity index (χ0) is 24.2. The van der Waals surface area contributed by atoms with Crippen LogP contribution in [0, 0.1) is 0 Å². The summed E-state index contributed by atoms with van der Waals surface area (Å²) in [7, 11) is 0. The van der Waals surface area contributed by atoms with Gasteiger partial charge in [0.2, 0.25) is 0 Å². The van der Waals surface area contributed by atoms with Crippen LogP contribution in [-0.2, 0) is 12.4 Å². The van der Waals surface area contributed by atoms with Crippen LogP contribution in [0.2, 0.25) is 0 Å². The molecule has 0 saturated heterocycles. The number of rotatable bonds is 8. The van der Waals surface area contributed by atoms with Crippen LogP contribution in [0.1, 0.15) is 43.9 Å². The normalized spacial score (nSPS) is 12.2. The maximum atomic E-state index is 13.2. The van der Waals surface area contributed by atoms with Crippen LogP contribution in [0.5, 0.6) is 11.5 Å². The number of hydrogen-bond donors (Lipinski definition) is 2. The van der Waals surface area contributed by atoms with E-state index in [0.29, 0.717) is 18.7 Å². The lowest BCUT2D eigenvalue weighted by molar-refractivity contribution is -0.141. The first-order chi connectivity index (χ1) is 15.5. The number of nitrogens with zero attached hydrogens (tertiary/aromatic N) is 2. The van der Waals surface area contributed by atoms with Gasteiger partial charge in [-0.2, -0.15) is 31.4 Å². The van der Waals surface area contributed by atoms with Gasteiger partial charge < -0.3 is 9.84 Å². The predicted molar refractivity (Wildman–Crippen MR) is 109 cm³/mol. The number of pyridine rings is 1. The van der Waals surface area contributed by atoms with Gasteiger partial charge >= 0.3 is 12.4 Å². The van der Waals surface area contributed by atoms with Gasteiger partial charge in [0.1, 0.15) is 11.5 Å². The monoisotopic (exact) mass is 473 g/mol. The number of phenolic OH excluding ortho intramolecular Hbond substituents is 1. The third kappa shape index (κ3) is 5.77. The van der Waals surface area contributed by atoms with Crippen molar-refractivity contribution in [3.8, 4) is 33.9 Å². The largest absolute Gasteiger partial charge is 0.506 e. The number of benzene rings is 1. The lowest BCUT2D eigenvalue weighted by Crippen LogP contribution is -2.06. The maximum absolute atomic E-state index is 13.2. The van der Waals surface area contributed by atoms with Crippen LogP contribution >= 0.6 is 0 Å². The number of unbranched alkanes of at least 4 members (excludes halogenated alkanes) is 3. The van der Waals surface area contributed by atoms with Gasteiger partial charge in [0, 0.05) is 23.5 Å². The zero-order valence-corrected chi connectivity index (χ0v) is 17.5. The van der Waals surface area contributed by atoms with Crippen molar-refractivity contribution in [2.75, 3.05) is 6.61 Å². The second-order valence-electron chi connectivity index (χ2n) is 7.37. The fourth-order valence-corrected chi connectivity index (χ4v) is 3.24.